The van der Waals surface area contributed by atoms with Gasteiger partial charge >= 0.3 is 0 Å². The van der Waals surface area contributed by atoms with E-state index in [4.69, 9.17) is 4.74 Å². The fourth-order valence-electron chi connectivity index (χ4n) is 1.72. The molecule has 0 saturated carbocycles. The molecular formula is C11H10Br2O2. The Balaban J connectivity index is 2.39. The van der Waals surface area contributed by atoms with Crippen LogP contribution in [0, 0.1) is 0 Å². The molecule has 0 aromatic heterocycles. The van der Waals surface area contributed by atoms with Crippen LogP contribution in [0.5, 0.6) is 5.75 Å². The van der Waals surface area contributed by atoms with Gasteiger partial charge in [-0.05, 0) is 49.4 Å². The Morgan fingerprint density at radius 3 is 2.93 bits per heavy atom. The quantitative estimate of drug-likeness (QED) is 0.793. The standard InChI is InChI=1S/C11H10Br2O2/c12-9-7(2-1-4-14)6-8-3-5-15-11(8)10(9)13/h4,6H,1-3,5H2. The van der Waals surface area contributed by atoms with Crippen LogP contribution in [0.15, 0.2) is 15.0 Å². The molecule has 0 saturated heterocycles. The molecule has 0 fully saturated rings. The third-order valence-electron chi connectivity index (χ3n) is 2.46. The van der Waals surface area contributed by atoms with E-state index in [0.29, 0.717) is 6.42 Å². The van der Waals surface area contributed by atoms with Gasteiger partial charge in [-0.3, -0.25) is 0 Å². The minimum absolute atomic E-state index is 0.560. The normalized spacial score (nSPS) is 13.5. The Labute approximate surface area is 105 Å². The Bertz CT molecular complexity index is 402. The number of carbonyl (C=O) groups is 1. The largest absolute Gasteiger partial charge is 0.492 e. The lowest BCUT2D eigenvalue weighted by Gasteiger charge is -2.09. The molecule has 2 nitrogen and oxygen atoms in total. The van der Waals surface area contributed by atoms with Crippen molar-refractivity contribution in [3.63, 3.8) is 0 Å². The van der Waals surface area contributed by atoms with Crippen molar-refractivity contribution in [3.8, 4) is 5.75 Å². The predicted octanol–water partition coefficient (Wildman–Crippen LogP) is 3.28. The van der Waals surface area contributed by atoms with Crippen LogP contribution in [0.1, 0.15) is 17.5 Å². The smallest absolute Gasteiger partial charge is 0.137 e. The summed E-state index contributed by atoms with van der Waals surface area (Å²) >= 11 is 7.03. The van der Waals surface area contributed by atoms with E-state index in [1.54, 1.807) is 0 Å². The first-order valence-electron chi connectivity index (χ1n) is 4.80. The molecule has 0 radical (unpaired) electrons. The molecule has 0 unspecified atom stereocenters. The fourth-order valence-corrected chi connectivity index (χ4v) is 2.84. The molecule has 1 aliphatic rings. The van der Waals surface area contributed by atoms with E-state index in [1.165, 1.54) is 11.1 Å². The predicted molar refractivity (Wildman–Crippen MR) is 65.4 cm³/mol. The van der Waals surface area contributed by atoms with Crippen LogP contribution in [-0.2, 0) is 17.6 Å². The molecule has 0 amide bonds. The van der Waals surface area contributed by atoms with E-state index in [-0.39, 0.29) is 0 Å². The van der Waals surface area contributed by atoms with Crippen molar-refractivity contribution in [1.29, 1.82) is 0 Å². The van der Waals surface area contributed by atoms with E-state index in [0.717, 1.165) is 40.4 Å². The molecule has 1 aromatic rings. The highest BCUT2D eigenvalue weighted by atomic mass is 79.9. The molecule has 0 atom stereocenters. The lowest BCUT2D eigenvalue weighted by atomic mass is 10.1. The highest BCUT2D eigenvalue weighted by molar-refractivity contribution is 9.13. The molecule has 0 N–H and O–H groups in total. The van der Waals surface area contributed by atoms with Gasteiger partial charge in [0, 0.05) is 17.3 Å². The molecule has 0 aliphatic carbocycles. The SMILES string of the molecule is O=CCCc1cc2c(c(Br)c1Br)OCC2. The van der Waals surface area contributed by atoms with Gasteiger partial charge in [-0.15, -0.1) is 0 Å². The summed E-state index contributed by atoms with van der Waals surface area (Å²) in [7, 11) is 0. The maximum Gasteiger partial charge on any atom is 0.137 e. The average Bonchev–Trinajstić information content (AvgIpc) is 2.69. The molecular weight excluding hydrogens is 324 g/mol. The Morgan fingerprint density at radius 1 is 1.40 bits per heavy atom. The summed E-state index contributed by atoms with van der Waals surface area (Å²) in [5, 5.41) is 0. The van der Waals surface area contributed by atoms with Gasteiger partial charge in [0.2, 0.25) is 0 Å². The van der Waals surface area contributed by atoms with Crippen molar-refractivity contribution in [2.24, 2.45) is 0 Å². The molecule has 0 bridgehead atoms. The number of hydrogen-bond donors (Lipinski definition) is 0. The number of carbonyl (C=O) groups excluding carboxylic acids is 1. The summed E-state index contributed by atoms with van der Waals surface area (Å²) in [6, 6.07) is 2.13. The van der Waals surface area contributed by atoms with Crippen LogP contribution >= 0.6 is 31.9 Å². The van der Waals surface area contributed by atoms with Gasteiger partial charge in [0.15, 0.2) is 0 Å². The zero-order valence-electron chi connectivity index (χ0n) is 8.06. The lowest BCUT2D eigenvalue weighted by Crippen LogP contribution is -1.92. The van der Waals surface area contributed by atoms with Gasteiger partial charge in [0.05, 0.1) is 11.1 Å². The van der Waals surface area contributed by atoms with Crippen LogP contribution < -0.4 is 4.74 Å². The maximum absolute atomic E-state index is 10.4. The number of benzene rings is 1. The second-order valence-corrected chi connectivity index (χ2v) is 5.04. The second-order valence-electron chi connectivity index (χ2n) is 3.46. The number of ether oxygens (including phenoxy) is 1. The van der Waals surface area contributed by atoms with Gasteiger partial charge in [-0.1, -0.05) is 6.07 Å². The summed E-state index contributed by atoms with van der Waals surface area (Å²) in [4.78, 5) is 10.4. The zero-order valence-corrected chi connectivity index (χ0v) is 11.2. The van der Waals surface area contributed by atoms with Gasteiger partial charge in [0.1, 0.15) is 12.0 Å². The third kappa shape index (κ3) is 2.11. The Kier molecular flexibility index (Phi) is 3.46. The van der Waals surface area contributed by atoms with E-state index < -0.39 is 0 Å². The van der Waals surface area contributed by atoms with Gasteiger partial charge in [0.25, 0.3) is 0 Å². The number of halogens is 2. The van der Waals surface area contributed by atoms with Gasteiger partial charge in [-0.25, -0.2) is 0 Å². The summed E-state index contributed by atoms with van der Waals surface area (Å²) in [6.45, 7) is 0.748. The number of rotatable bonds is 3. The minimum Gasteiger partial charge on any atom is -0.492 e. The summed E-state index contributed by atoms with van der Waals surface area (Å²) in [5.74, 6) is 0.941. The van der Waals surface area contributed by atoms with Crippen molar-refractivity contribution >= 4 is 38.1 Å². The van der Waals surface area contributed by atoms with Crippen molar-refractivity contribution in [2.45, 2.75) is 19.3 Å². The van der Waals surface area contributed by atoms with Gasteiger partial charge in [-0.2, -0.15) is 0 Å². The van der Waals surface area contributed by atoms with Gasteiger partial charge < -0.3 is 9.53 Å². The molecule has 1 aliphatic heterocycles. The van der Waals surface area contributed by atoms with E-state index in [2.05, 4.69) is 37.9 Å². The summed E-state index contributed by atoms with van der Waals surface area (Å²) in [5.41, 5.74) is 2.39. The van der Waals surface area contributed by atoms with E-state index in [9.17, 15) is 4.79 Å². The molecule has 4 heteroatoms. The van der Waals surface area contributed by atoms with Crippen LogP contribution in [0.25, 0.3) is 0 Å². The maximum atomic E-state index is 10.4. The number of aryl methyl sites for hydroxylation is 1. The molecule has 1 aromatic carbocycles. The first-order valence-corrected chi connectivity index (χ1v) is 6.39. The molecule has 0 spiro atoms. The topological polar surface area (TPSA) is 26.3 Å². The third-order valence-corrected chi connectivity index (χ3v) is 4.66. The minimum atomic E-state index is 0.560. The highest BCUT2D eigenvalue weighted by Gasteiger charge is 2.19. The van der Waals surface area contributed by atoms with Crippen molar-refractivity contribution in [2.75, 3.05) is 6.61 Å². The van der Waals surface area contributed by atoms with E-state index >= 15 is 0 Å². The van der Waals surface area contributed by atoms with Crippen molar-refractivity contribution in [3.05, 3.63) is 26.1 Å². The summed E-state index contributed by atoms with van der Waals surface area (Å²) in [6.07, 6.45) is 3.24. The van der Waals surface area contributed by atoms with Crippen molar-refractivity contribution < 1.29 is 9.53 Å². The first kappa shape index (κ1) is 11.1. The Morgan fingerprint density at radius 2 is 2.20 bits per heavy atom. The average molecular weight is 334 g/mol. The monoisotopic (exact) mass is 332 g/mol. The molecule has 15 heavy (non-hydrogen) atoms. The molecule has 1 heterocycles. The van der Waals surface area contributed by atoms with Crippen LogP contribution in [-0.4, -0.2) is 12.9 Å². The second kappa shape index (κ2) is 4.66. The molecule has 2 rings (SSSR count). The van der Waals surface area contributed by atoms with Crippen molar-refractivity contribution in [1.82, 2.24) is 0 Å². The molecule has 80 valence electrons. The number of hydrogen-bond acceptors (Lipinski definition) is 2. The highest BCUT2D eigenvalue weighted by Crippen LogP contribution is 2.41. The first-order chi connectivity index (χ1) is 7.24. The number of aldehydes is 1. The van der Waals surface area contributed by atoms with Crippen LogP contribution in [0.4, 0.5) is 0 Å². The number of fused-ring (bicyclic) bond motifs is 1. The van der Waals surface area contributed by atoms with E-state index in [1.807, 2.05) is 0 Å². The fraction of sp³-hybridized carbons (Fsp3) is 0.364. The lowest BCUT2D eigenvalue weighted by molar-refractivity contribution is -0.107. The van der Waals surface area contributed by atoms with Crippen LogP contribution in [0.2, 0.25) is 0 Å². The van der Waals surface area contributed by atoms with Crippen LogP contribution in [0.3, 0.4) is 0 Å². The zero-order chi connectivity index (χ0) is 10.8. The summed E-state index contributed by atoms with van der Waals surface area (Å²) < 4.78 is 7.50. The Hall–Kier alpha value is -0.350.